The van der Waals surface area contributed by atoms with Crippen LogP contribution in [-0.4, -0.2) is 16.0 Å². The Morgan fingerprint density at radius 2 is 1.48 bits per heavy atom. The number of nitrogens with two attached hydrogens (primary N) is 1. The average Bonchev–Trinajstić information content (AvgIpc) is 3.02. The summed E-state index contributed by atoms with van der Waals surface area (Å²) in [5, 5.41) is 3.73. The molecule has 5 nitrogen and oxygen atoms in total. The van der Waals surface area contributed by atoms with Crippen LogP contribution in [0.2, 0.25) is 0 Å². The minimum Gasteiger partial charge on any atom is -0.368 e. The second-order valence-corrected chi connectivity index (χ2v) is 5.25. The Balaban J connectivity index is 1.84. The number of nitrogens with zero attached hydrogens (tertiary/aromatic N) is 2. The highest BCUT2D eigenvalue weighted by molar-refractivity contribution is 5.92. The van der Waals surface area contributed by atoms with Crippen LogP contribution in [0.1, 0.15) is 21.6 Å². The van der Waals surface area contributed by atoms with Crippen LogP contribution in [-0.2, 0) is 13.1 Å². The molecule has 0 aliphatic heterocycles. The molecular weight excluding hydrogens is 290 g/mol. The van der Waals surface area contributed by atoms with Crippen LogP contribution < -0.4 is 5.73 Å². The van der Waals surface area contributed by atoms with Gasteiger partial charge >= 0.3 is 0 Å². The predicted octanol–water partition coefficient (Wildman–Crippen LogP) is 3.10. The van der Waals surface area contributed by atoms with Crippen LogP contribution in [0.15, 0.2) is 71.3 Å². The zero-order valence-corrected chi connectivity index (χ0v) is 12.6. The number of anilines is 1. The summed E-state index contributed by atoms with van der Waals surface area (Å²) in [6.07, 6.45) is 0. The first-order valence-electron chi connectivity index (χ1n) is 7.31. The lowest BCUT2D eigenvalue weighted by Crippen LogP contribution is -2.30. The molecular formula is C18H17N3O2. The van der Waals surface area contributed by atoms with E-state index in [9.17, 15) is 4.79 Å². The lowest BCUT2D eigenvalue weighted by Gasteiger charge is -2.22. The van der Waals surface area contributed by atoms with Crippen molar-refractivity contribution in [2.75, 3.05) is 5.73 Å². The van der Waals surface area contributed by atoms with E-state index in [4.69, 9.17) is 10.3 Å². The van der Waals surface area contributed by atoms with Crippen molar-refractivity contribution in [2.45, 2.75) is 13.1 Å². The maximum Gasteiger partial charge on any atom is 0.276 e. The summed E-state index contributed by atoms with van der Waals surface area (Å²) in [7, 11) is 0. The first kappa shape index (κ1) is 14.8. The van der Waals surface area contributed by atoms with Crippen LogP contribution in [0.3, 0.4) is 0 Å². The standard InChI is InChI=1S/C18H17N3O2/c19-17-11-16(20-23-17)18(22)21(12-14-7-3-1-4-8-14)13-15-9-5-2-6-10-15/h1-11H,12-13,19H2. The normalized spacial score (nSPS) is 10.4. The largest absolute Gasteiger partial charge is 0.368 e. The molecule has 0 bridgehead atoms. The van der Waals surface area contributed by atoms with Crippen molar-refractivity contribution >= 4 is 11.8 Å². The molecule has 3 aromatic rings. The summed E-state index contributed by atoms with van der Waals surface area (Å²) in [6, 6.07) is 21.1. The zero-order chi connectivity index (χ0) is 16.1. The smallest absolute Gasteiger partial charge is 0.276 e. The van der Waals surface area contributed by atoms with Crippen LogP contribution in [0, 0.1) is 0 Å². The maximum atomic E-state index is 12.7. The SMILES string of the molecule is Nc1cc(C(=O)N(Cc2ccccc2)Cc2ccccc2)no1. The molecule has 2 N–H and O–H groups in total. The van der Waals surface area contributed by atoms with Gasteiger partial charge in [0.1, 0.15) is 0 Å². The fourth-order valence-corrected chi connectivity index (χ4v) is 2.36. The number of carbonyl (C=O) groups is 1. The first-order valence-corrected chi connectivity index (χ1v) is 7.31. The summed E-state index contributed by atoms with van der Waals surface area (Å²) < 4.78 is 4.82. The Bertz CT molecular complexity index is 728. The van der Waals surface area contributed by atoms with E-state index in [1.165, 1.54) is 6.07 Å². The van der Waals surface area contributed by atoms with Crippen LogP contribution in [0.5, 0.6) is 0 Å². The highest BCUT2D eigenvalue weighted by Gasteiger charge is 2.20. The van der Waals surface area contributed by atoms with E-state index in [2.05, 4.69) is 5.16 Å². The Morgan fingerprint density at radius 3 is 1.91 bits per heavy atom. The topological polar surface area (TPSA) is 72.4 Å². The molecule has 0 saturated heterocycles. The van der Waals surface area contributed by atoms with Gasteiger partial charge < -0.3 is 15.2 Å². The first-order chi connectivity index (χ1) is 11.2. The van der Waals surface area contributed by atoms with Crippen molar-refractivity contribution in [2.24, 2.45) is 0 Å². The molecule has 0 radical (unpaired) electrons. The average molecular weight is 307 g/mol. The van der Waals surface area contributed by atoms with E-state index in [1.807, 2.05) is 60.7 Å². The van der Waals surface area contributed by atoms with Crippen LogP contribution in [0.4, 0.5) is 5.88 Å². The van der Waals surface area contributed by atoms with Gasteiger partial charge in [0.25, 0.3) is 5.91 Å². The molecule has 2 aromatic carbocycles. The molecule has 5 heteroatoms. The molecule has 0 spiro atoms. The third-order valence-corrected chi connectivity index (χ3v) is 3.47. The number of nitrogen functional groups attached to an aromatic ring is 1. The lowest BCUT2D eigenvalue weighted by molar-refractivity contribution is 0.0719. The molecule has 0 aliphatic rings. The van der Waals surface area contributed by atoms with E-state index in [0.717, 1.165) is 11.1 Å². The highest BCUT2D eigenvalue weighted by atomic mass is 16.5. The quantitative estimate of drug-likeness (QED) is 0.786. The van der Waals surface area contributed by atoms with Gasteiger partial charge in [-0.3, -0.25) is 4.79 Å². The number of aromatic nitrogens is 1. The number of benzene rings is 2. The molecule has 0 unspecified atom stereocenters. The number of amides is 1. The van der Waals surface area contributed by atoms with E-state index < -0.39 is 0 Å². The third-order valence-electron chi connectivity index (χ3n) is 3.47. The summed E-state index contributed by atoms with van der Waals surface area (Å²) in [6.45, 7) is 0.975. The third kappa shape index (κ3) is 3.77. The van der Waals surface area contributed by atoms with E-state index in [-0.39, 0.29) is 17.5 Å². The van der Waals surface area contributed by atoms with Crippen LogP contribution >= 0.6 is 0 Å². The Labute approximate surface area is 134 Å². The van der Waals surface area contributed by atoms with E-state index in [0.29, 0.717) is 13.1 Å². The summed E-state index contributed by atoms with van der Waals surface area (Å²) >= 11 is 0. The monoisotopic (exact) mass is 307 g/mol. The molecule has 3 rings (SSSR count). The Morgan fingerprint density at radius 1 is 0.957 bits per heavy atom. The zero-order valence-electron chi connectivity index (χ0n) is 12.6. The molecule has 0 aliphatic carbocycles. The van der Waals surface area contributed by atoms with Crippen molar-refractivity contribution in [3.05, 3.63) is 83.6 Å². The molecule has 23 heavy (non-hydrogen) atoms. The van der Waals surface area contributed by atoms with E-state index >= 15 is 0 Å². The van der Waals surface area contributed by atoms with Gasteiger partial charge in [-0.25, -0.2) is 0 Å². The van der Waals surface area contributed by atoms with Crippen LogP contribution in [0.25, 0.3) is 0 Å². The molecule has 116 valence electrons. The summed E-state index contributed by atoms with van der Waals surface area (Å²) in [5.41, 5.74) is 7.84. The second-order valence-electron chi connectivity index (χ2n) is 5.25. The summed E-state index contributed by atoms with van der Waals surface area (Å²) in [4.78, 5) is 14.4. The predicted molar refractivity (Wildman–Crippen MR) is 87.4 cm³/mol. The van der Waals surface area contributed by atoms with Crippen molar-refractivity contribution in [3.63, 3.8) is 0 Å². The molecule has 1 aromatic heterocycles. The van der Waals surface area contributed by atoms with Gasteiger partial charge in [-0.2, -0.15) is 0 Å². The van der Waals surface area contributed by atoms with Crippen molar-refractivity contribution < 1.29 is 9.32 Å². The second kappa shape index (κ2) is 6.79. The molecule has 0 atom stereocenters. The highest BCUT2D eigenvalue weighted by Crippen LogP contribution is 2.15. The van der Waals surface area contributed by atoms with Gasteiger partial charge in [-0.15, -0.1) is 0 Å². The van der Waals surface area contributed by atoms with Gasteiger partial charge in [0, 0.05) is 19.2 Å². The number of hydrogen-bond donors (Lipinski definition) is 1. The lowest BCUT2D eigenvalue weighted by atomic mass is 10.1. The van der Waals surface area contributed by atoms with Gasteiger partial charge in [0.15, 0.2) is 5.69 Å². The van der Waals surface area contributed by atoms with Gasteiger partial charge in [0.2, 0.25) is 5.88 Å². The summed E-state index contributed by atoms with van der Waals surface area (Å²) in [5.74, 6) is -0.0779. The number of hydrogen-bond acceptors (Lipinski definition) is 4. The fourth-order valence-electron chi connectivity index (χ4n) is 2.36. The minimum absolute atomic E-state index is 0.132. The Kier molecular flexibility index (Phi) is 4.38. The van der Waals surface area contributed by atoms with Crippen molar-refractivity contribution in [1.82, 2.24) is 10.1 Å². The molecule has 1 heterocycles. The van der Waals surface area contributed by atoms with Crippen molar-refractivity contribution in [1.29, 1.82) is 0 Å². The molecule has 0 saturated carbocycles. The van der Waals surface area contributed by atoms with Gasteiger partial charge in [-0.05, 0) is 11.1 Å². The van der Waals surface area contributed by atoms with Gasteiger partial charge in [-0.1, -0.05) is 65.8 Å². The van der Waals surface area contributed by atoms with Gasteiger partial charge in [0.05, 0.1) is 0 Å². The fraction of sp³-hybridized carbons (Fsp3) is 0.111. The molecule has 1 amide bonds. The number of rotatable bonds is 5. The Hall–Kier alpha value is -3.08. The number of carbonyl (C=O) groups excluding carboxylic acids is 1. The molecule has 0 fully saturated rings. The van der Waals surface area contributed by atoms with E-state index in [1.54, 1.807) is 4.90 Å². The van der Waals surface area contributed by atoms with Crippen molar-refractivity contribution in [3.8, 4) is 0 Å². The minimum atomic E-state index is -0.210. The maximum absolute atomic E-state index is 12.7.